The summed E-state index contributed by atoms with van der Waals surface area (Å²) in [6.45, 7) is 1.92. The molecular formula is C20H20ClN5O5S. The van der Waals surface area contributed by atoms with Crippen molar-refractivity contribution in [3.8, 4) is 11.5 Å². The molecule has 32 heavy (non-hydrogen) atoms. The molecule has 1 aromatic heterocycles. The second-order valence-electron chi connectivity index (χ2n) is 6.59. The summed E-state index contributed by atoms with van der Waals surface area (Å²) in [6.07, 6.45) is 0. The van der Waals surface area contributed by atoms with Gasteiger partial charge in [0.05, 0.1) is 29.0 Å². The minimum Gasteiger partial charge on any atom is -0.494 e. The summed E-state index contributed by atoms with van der Waals surface area (Å²) in [6, 6.07) is 11.0. The molecule has 0 aliphatic rings. The van der Waals surface area contributed by atoms with Gasteiger partial charge in [0.1, 0.15) is 18.1 Å². The SMILES string of the molecule is COc1cc([N+](=O)[O-])ccc1NC(=O)C(C)Sc1nnc(COc2ccc(Cl)cc2)n1C. The lowest BCUT2D eigenvalue weighted by Crippen LogP contribution is -2.23. The zero-order valence-corrected chi connectivity index (χ0v) is 19.0. The normalized spacial score (nSPS) is 11.6. The number of nitrogens with one attached hydrogen (secondary N) is 1. The Kier molecular flexibility index (Phi) is 7.54. The fraction of sp³-hybridized carbons (Fsp3) is 0.250. The number of methoxy groups -OCH3 is 1. The molecule has 12 heteroatoms. The van der Waals surface area contributed by atoms with Crippen LogP contribution in [0.15, 0.2) is 47.6 Å². The van der Waals surface area contributed by atoms with Crippen LogP contribution in [0.4, 0.5) is 11.4 Å². The molecule has 168 valence electrons. The first-order chi connectivity index (χ1) is 15.3. The van der Waals surface area contributed by atoms with Gasteiger partial charge in [0.25, 0.3) is 5.69 Å². The van der Waals surface area contributed by atoms with Crippen molar-refractivity contribution in [1.29, 1.82) is 0 Å². The second-order valence-corrected chi connectivity index (χ2v) is 8.34. The molecule has 2 aromatic carbocycles. The number of nitrogens with zero attached hydrogens (tertiary/aromatic N) is 4. The van der Waals surface area contributed by atoms with Crippen molar-refractivity contribution in [3.63, 3.8) is 0 Å². The quantitative estimate of drug-likeness (QED) is 0.278. The number of carbonyl (C=O) groups is 1. The molecule has 1 atom stereocenters. The maximum absolute atomic E-state index is 12.6. The molecular weight excluding hydrogens is 458 g/mol. The molecule has 1 N–H and O–H groups in total. The number of nitro benzene ring substituents is 1. The van der Waals surface area contributed by atoms with Gasteiger partial charge in [-0.2, -0.15) is 0 Å². The molecule has 0 saturated carbocycles. The summed E-state index contributed by atoms with van der Waals surface area (Å²) >= 11 is 7.09. The third kappa shape index (κ3) is 5.68. The molecule has 1 unspecified atom stereocenters. The van der Waals surface area contributed by atoms with E-state index >= 15 is 0 Å². The number of rotatable bonds is 9. The van der Waals surface area contributed by atoms with Crippen molar-refractivity contribution < 1.29 is 19.2 Å². The highest BCUT2D eigenvalue weighted by Crippen LogP contribution is 2.30. The number of benzene rings is 2. The Hall–Kier alpha value is -3.31. The van der Waals surface area contributed by atoms with Gasteiger partial charge in [-0.15, -0.1) is 10.2 Å². The predicted molar refractivity (Wildman–Crippen MR) is 120 cm³/mol. The first-order valence-corrected chi connectivity index (χ1v) is 10.6. The monoisotopic (exact) mass is 477 g/mol. The average molecular weight is 478 g/mol. The highest BCUT2D eigenvalue weighted by atomic mass is 35.5. The molecule has 0 aliphatic carbocycles. The van der Waals surface area contributed by atoms with E-state index in [1.165, 1.54) is 37.1 Å². The molecule has 0 radical (unpaired) electrons. The Morgan fingerprint density at radius 1 is 1.28 bits per heavy atom. The topological polar surface area (TPSA) is 121 Å². The number of non-ortho nitro benzene ring substituents is 1. The Morgan fingerprint density at radius 3 is 2.66 bits per heavy atom. The van der Waals surface area contributed by atoms with Crippen molar-refractivity contribution in [2.45, 2.75) is 23.9 Å². The van der Waals surface area contributed by atoms with Crippen LogP contribution in [0.25, 0.3) is 0 Å². The van der Waals surface area contributed by atoms with Crippen molar-refractivity contribution in [2.75, 3.05) is 12.4 Å². The van der Waals surface area contributed by atoms with E-state index in [1.807, 2.05) is 0 Å². The van der Waals surface area contributed by atoms with Crippen LogP contribution in [0, 0.1) is 10.1 Å². The van der Waals surface area contributed by atoms with Crippen LogP contribution in [-0.4, -0.2) is 38.0 Å². The molecule has 10 nitrogen and oxygen atoms in total. The third-order valence-corrected chi connectivity index (χ3v) is 5.80. The molecule has 0 spiro atoms. The van der Waals surface area contributed by atoms with Gasteiger partial charge in [-0.25, -0.2) is 0 Å². The third-order valence-electron chi connectivity index (χ3n) is 4.41. The lowest BCUT2D eigenvalue weighted by atomic mass is 10.2. The fourth-order valence-corrected chi connectivity index (χ4v) is 3.55. The van der Waals surface area contributed by atoms with Gasteiger partial charge < -0.3 is 19.4 Å². The summed E-state index contributed by atoms with van der Waals surface area (Å²) < 4.78 is 12.6. The van der Waals surface area contributed by atoms with Crippen LogP contribution in [0.1, 0.15) is 12.7 Å². The molecule has 1 heterocycles. The lowest BCUT2D eigenvalue weighted by Gasteiger charge is -2.14. The number of thioether (sulfide) groups is 1. The van der Waals surface area contributed by atoms with Crippen molar-refractivity contribution >= 4 is 40.6 Å². The van der Waals surface area contributed by atoms with E-state index in [-0.39, 0.29) is 24.0 Å². The van der Waals surface area contributed by atoms with Crippen LogP contribution in [0.2, 0.25) is 5.02 Å². The summed E-state index contributed by atoms with van der Waals surface area (Å²) in [4.78, 5) is 23.0. The first kappa shape index (κ1) is 23.4. The Balaban J connectivity index is 1.62. The smallest absolute Gasteiger partial charge is 0.273 e. The Morgan fingerprint density at radius 2 is 2.00 bits per heavy atom. The van der Waals surface area contributed by atoms with E-state index in [9.17, 15) is 14.9 Å². The van der Waals surface area contributed by atoms with Gasteiger partial charge in [0.2, 0.25) is 5.91 Å². The molecule has 3 rings (SSSR count). The van der Waals surface area contributed by atoms with E-state index < -0.39 is 10.2 Å². The minimum absolute atomic E-state index is 0.130. The summed E-state index contributed by atoms with van der Waals surface area (Å²) in [7, 11) is 3.16. The summed E-state index contributed by atoms with van der Waals surface area (Å²) in [5.74, 6) is 1.12. The van der Waals surface area contributed by atoms with Crippen LogP contribution in [-0.2, 0) is 18.4 Å². The maximum atomic E-state index is 12.6. The molecule has 0 fully saturated rings. The second kappa shape index (κ2) is 10.3. The highest BCUT2D eigenvalue weighted by molar-refractivity contribution is 8.00. The average Bonchev–Trinajstić information content (AvgIpc) is 3.12. The van der Waals surface area contributed by atoms with Gasteiger partial charge >= 0.3 is 0 Å². The highest BCUT2D eigenvalue weighted by Gasteiger charge is 2.21. The zero-order valence-electron chi connectivity index (χ0n) is 17.4. The molecule has 1 amide bonds. The molecule has 0 bridgehead atoms. The summed E-state index contributed by atoms with van der Waals surface area (Å²) in [5, 5.41) is 22.5. The molecule has 3 aromatic rings. The van der Waals surface area contributed by atoms with E-state index in [4.69, 9.17) is 21.1 Å². The van der Waals surface area contributed by atoms with Gasteiger partial charge in [-0.05, 0) is 37.3 Å². The van der Waals surface area contributed by atoms with Crippen LogP contribution in [0.5, 0.6) is 11.5 Å². The molecule has 0 aliphatic heterocycles. The number of aromatic nitrogens is 3. The fourth-order valence-electron chi connectivity index (χ4n) is 2.59. The van der Waals surface area contributed by atoms with Crippen molar-refractivity contribution in [1.82, 2.24) is 14.8 Å². The molecule has 0 saturated heterocycles. The van der Waals surface area contributed by atoms with Gasteiger partial charge in [0.15, 0.2) is 11.0 Å². The van der Waals surface area contributed by atoms with Gasteiger partial charge in [0, 0.05) is 18.1 Å². The zero-order chi connectivity index (χ0) is 23.3. The number of ether oxygens (including phenoxy) is 2. The largest absolute Gasteiger partial charge is 0.494 e. The number of amides is 1. The summed E-state index contributed by atoms with van der Waals surface area (Å²) in [5.41, 5.74) is 0.209. The van der Waals surface area contributed by atoms with E-state index in [0.717, 1.165) is 0 Å². The van der Waals surface area contributed by atoms with E-state index in [0.29, 0.717) is 27.4 Å². The van der Waals surface area contributed by atoms with E-state index in [1.54, 1.807) is 42.8 Å². The van der Waals surface area contributed by atoms with Crippen LogP contribution >= 0.6 is 23.4 Å². The number of hydrogen-bond donors (Lipinski definition) is 1. The lowest BCUT2D eigenvalue weighted by molar-refractivity contribution is -0.384. The predicted octanol–water partition coefficient (Wildman–Crippen LogP) is 4.08. The maximum Gasteiger partial charge on any atom is 0.273 e. The number of anilines is 1. The number of hydrogen-bond acceptors (Lipinski definition) is 8. The van der Waals surface area contributed by atoms with E-state index in [2.05, 4.69) is 15.5 Å². The Labute approximate surface area is 193 Å². The number of carbonyl (C=O) groups excluding carboxylic acids is 1. The van der Waals surface area contributed by atoms with Crippen LogP contribution < -0.4 is 14.8 Å². The Bertz CT molecular complexity index is 1120. The number of halogens is 1. The van der Waals surface area contributed by atoms with Gasteiger partial charge in [-0.3, -0.25) is 14.9 Å². The standard InChI is InChI=1S/C20H20ClN5O5S/c1-12(19(27)22-16-9-6-14(26(28)29)10-17(16)30-3)32-20-24-23-18(25(20)2)11-31-15-7-4-13(21)5-8-15/h4-10,12H,11H2,1-3H3,(H,22,27). The van der Waals surface area contributed by atoms with Crippen LogP contribution in [0.3, 0.4) is 0 Å². The van der Waals surface area contributed by atoms with Gasteiger partial charge in [-0.1, -0.05) is 23.4 Å². The minimum atomic E-state index is -0.533. The van der Waals surface area contributed by atoms with Crippen molar-refractivity contribution in [3.05, 3.63) is 63.4 Å². The number of nitro groups is 1. The first-order valence-electron chi connectivity index (χ1n) is 9.35. The van der Waals surface area contributed by atoms with Crippen molar-refractivity contribution in [2.24, 2.45) is 7.05 Å².